The molecule has 23 heavy (non-hydrogen) atoms. The molecule has 1 saturated heterocycles. The van der Waals surface area contributed by atoms with Gasteiger partial charge >= 0.3 is 0 Å². The second-order valence-corrected chi connectivity index (χ2v) is 7.54. The number of piperazine rings is 1. The number of aromatic nitrogens is 2. The number of fused-ring (bicyclic) bond motifs is 1. The predicted octanol–water partition coefficient (Wildman–Crippen LogP) is 0.171. The third kappa shape index (κ3) is 3.07. The van der Waals surface area contributed by atoms with Crippen molar-refractivity contribution in [3.05, 3.63) is 18.2 Å². The van der Waals surface area contributed by atoms with Gasteiger partial charge in [-0.25, -0.2) is 8.42 Å². The van der Waals surface area contributed by atoms with Crippen molar-refractivity contribution in [1.82, 2.24) is 18.0 Å². The largest absolute Gasteiger partial charge is 0.375 e. The van der Waals surface area contributed by atoms with Crippen molar-refractivity contribution in [3.63, 3.8) is 0 Å². The zero-order chi connectivity index (χ0) is 16.4. The molecule has 0 aliphatic carbocycles. The Morgan fingerprint density at radius 2 is 2.00 bits per heavy atom. The Balaban J connectivity index is 1.80. The molecule has 2 heterocycles. The highest BCUT2D eigenvalue weighted by molar-refractivity contribution is 7.89. The van der Waals surface area contributed by atoms with E-state index in [-0.39, 0.29) is 30.5 Å². The number of amides is 1. The highest BCUT2D eigenvalue weighted by Crippen LogP contribution is 2.25. The van der Waals surface area contributed by atoms with Crippen molar-refractivity contribution in [3.8, 4) is 0 Å². The number of ether oxygens (including phenoxy) is 1. The molecule has 0 radical (unpaired) electrons. The zero-order valence-electron chi connectivity index (χ0n) is 12.5. The van der Waals surface area contributed by atoms with E-state index in [9.17, 15) is 13.2 Å². The van der Waals surface area contributed by atoms with Crippen LogP contribution in [0.4, 0.5) is 0 Å². The topological polar surface area (TPSA) is 92.7 Å². The first-order valence-electron chi connectivity index (χ1n) is 7.02. The van der Waals surface area contributed by atoms with Gasteiger partial charge in [0.2, 0.25) is 15.9 Å². The van der Waals surface area contributed by atoms with E-state index in [4.69, 9.17) is 4.74 Å². The minimum Gasteiger partial charge on any atom is -0.375 e. The normalized spacial score (nSPS) is 16.8. The Morgan fingerprint density at radius 1 is 1.26 bits per heavy atom. The second-order valence-electron chi connectivity index (χ2n) is 5.11. The summed E-state index contributed by atoms with van der Waals surface area (Å²) in [5.74, 6) is -0.129. The fourth-order valence-electron chi connectivity index (χ4n) is 2.52. The minimum absolute atomic E-state index is 0.0105. The smallest absolute Gasteiger partial charge is 0.248 e. The molecular formula is C13H16N4O4S2. The van der Waals surface area contributed by atoms with E-state index in [0.29, 0.717) is 24.1 Å². The third-order valence-electron chi connectivity index (χ3n) is 3.73. The van der Waals surface area contributed by atoms with Crippen molar-refractivity contribution >= 4 is 38.7 Å². The van der Waals surface area contributed by atoms with Gasteiger partial charge in [0.05, 0.1) is 11.7 Å². The van der Waals surface area contributed by atoms with Crippen LogP contribution < -0.4 is 0 Å². The third-order valence-corrected chi connectivity index (χ3v) is 6.20. The van der Waals surface area contributed by atoms with Gasteiger partial charge < -0.3 is 9.64 Å². The molecule has 124 valence electrons. The van der Waals surface area contributed by atoms with Crippen LogP contribution >= 0.6 is 11.7 Å². The molecule has 1 aliphatic heterocycles. The number of rotatable bonds is 4. The lowest BCUT2D eigenvalue weighted by molar-refractivity contribution is -0.136. The van der Waals surface area contributed by atoms with Crippen molar-refractivity contribution < 1.29 is 17.9 Å². The molecular weight excluding hydrogens is 340 g/mol. The van der Waals surface area contributed by atoms with Gasteiger partial charge in [0.1, 0.15) is 22.5 Å². The lowest BCUT2D eigenvalue weighted by Gasteiger charge is -2.33. The van der Waals surface area contributed by atoms with Gasteiger partial charge in [0.25, 0.3) is 0 Å². The van der Waals surface area contributed by atoms with Gasteiger partial charge in [0.15, 0.2) is 0 Å². The molecule has 1 aromatic carbocycles. The monoisotopic (exact) mass is 356 g/mol. The lowest BCUT2D eigenvalue weighted by atomic mass is 10.3. The second kappa shape index (κ2) is 6.48. The van der Waals surface area contributed by atoms with Crippen LogP contribution in [0.3, 0.4) is 0 Å². The number of hydrogen-bond donors (Lipinski definition) is 0. The summed E-state index contributed by atoms with van der Waals surface area (Å²) in [6.45, 7) is 1.23. The molecule has 0 atom stereocenters. The summed E-state index contributed by atoms with van der Waals surface area (Å²) in [5, 5.41) is 0. The fraction of sp³-hybridized carbons (Fsp3) is 0.462. The van der Waals surface area contributed by atoms with Crippen molar-refractivity contribution in [2.75, 3.05) is 39.9 Å². The molecule has 0 bridgehead atoms. The Morgan fingerprint density at radius 3 is 2.70 bits per heavy atom. The van der Waals surface area contributed by atoms with E-state index >= 15 is 0 Å². The maximum atomic E-state index is 12.8. The average molecular weight is 356 g/mol. The molecule has 0 spiro atoms. The minimum atomic E-state index is -3.65. The Labute approximate surface area is 138 Å². The quantitative estimate of drug-likeness (QED) is 0.775. The van der Waals surface area contributed by atoms with E-state index in [0.717, 1.165) is 11.7 Å². The van der Waals surface area contributed by atoms with Gasteiger partial charge in [-0.05, 0) is 12.1 Å². The molecule has 1 aromatic heterocycles. The van der Waals surface area contributed by atoms with Crippen LogP contribution in [0.2, 0.25) is 0 Å². The Kier molecular flexibility index (Phi) is 4.57. The summed E-state index contributed by atoms with van der Waals surface area (Å²) in [4.78, 5) is 13.6. The van der Waals surface area contributed by atoms with E-state index < -0.39 is 10.0 Å². The van der Waals surface area contributed by atoms with Crippen LogP contribution in [0.15, 0.2) is 23.1 Å². The molecule has 1 fully saturated rings. The molecule has 8 nitrogen and oxygen atoms in total. The molecule has 0 unspecified atom stereocenters. The Bertz CT molecular complexity index is 812. The number of nitrogens with zero attached hydrogens (tertiary/aromatic N) is 4. The summed E-state index contributed by atoms with van der Waals surface area (Å²) in [5.41, 5.74) is 0.973. The van der Waals surface area contributed by atoms with Crippen LogP contribution in [0.1, 0.15) is 0 Å². The van der Waals surface area contributed by atoms with Crippen LogP contribution in [0.25, 0.3) is 11.0 Å². The SMILES string of the molecule is COCC(=O)N1CCN(S(=O)(=O)c2cccc3nsnc23)CC1. The number of hydrogen-bond acceptors (Lipinski definition) is 7. The number of benzene rings is 1. The first kappa shape index (κ1) is 16.2. The molecule has 3 rings (SSSR count). The van der Waals surface area contributed by atoms with Crippen LogP contribution in [0.5, 0.6) is 0 Å². The van der Waals surface area contributed by atoms with E-state index in [1.807, 2.05) is 0 Å². The van der Waals surface area contributed by atoms with Crippen LogP contribution in [-0.4, -0.2) is 72.2 Å². The van der Waals surface area contributed by atoms with E-state index in [1.54, 1.807) is 23.1 Å². The van der Waals surface area contributed by atoms with Gasteiger partial charge in [-0.2, -0.15) is 13.1 Å². The molecule has 0 N–H and O–H groups in total. The number of carbonyl (C=O) groups excluding carboxylic acids is 1. The van der Waals surface area contributed by atoms with Gasteiger partial charge in [-0.15, -0.1) is 0 Å². The summed E-state index contributed by atoms with van der Waals surface area (Å²) in [6.07, 6.45) is 0. The summed E-state index contributed by atoms with van der Waals surface area (Å²) in [6, 6.07) is 4.94. The number of sulfonamides is 1. The number of carbonyl (C=O) groups is 1. The molecule has 10 heteroatoms. The summed E-state index contributed by atoms with van der Waals surface area (Å²) in [7, 11) is -2.19. The highest BCUT2D eigenvalue weighted by Gasteiger charge is 2.31. The molecule has 2 aromatic rings. The van der Waals surface area contributed by atoms with Crippen molar-refractivity contribution in [2.45, 2.75) is 4.90 Å². The first-order chi connectivity index (χ1) is 11.0. The maximum Gasteiger partial charge on any atom is 0.248 e. The molecule has 1 amide bonds. The standard InChI is InChI=1S/C13H16N4O4S2/c1-21-9-12(18)16-5-7-17(8-6-16)23(19,20)11-4-2-3-10-13(11)15-22-14-10/h2-4H,5-9H2,1H3. The van der Waals surface area contributed by atoms with Gasteiger partial charge in [-0.1, -0.05) is 6.07 Å². The van der Waals surface area contributed by atoms with Crippen molar-refractivity contribution in [1.29, 1.82) is 0 Å². The fourth-order valence-corrected chi connectivity index (χ4v) is 4.70. The zero-order valence-corrected chi connectivity index (χ0v) is 14.1. The van der Waals surface area contributed by atoms with Gasteiger partial charge in [0, 0.05) is 33.3 Å². The predicted molar refractivity (Wildman–Crippen MR) is 84.6 cm³/mol. The van der Waals surface area contributed by atoms with E-state index in [1.165, 1.54) is 11.4 Å². The number of methoxy groups -OCH3 is 1. The maximum absolute atomic E-state index is 12.8. The van der Waals surface area contributed by atoms with Gasteiger partial charge in [-0.3, -0.25) is 4.79 Å². The van der Waals surface area contributed by atoms with Crippen molar-refractivity contribution in [2.24, 2.45) is 0 Å². The Hall–Kier alpha value is -1.62. The molecule has 0 saturated carbocycles. The first-order valence-corrected chi connectivity index (χ1v) is 9.19. The van der Waals surface area contributed by atoms with E-state index in [2.05, 4.69) is 8.75 Å². The average Bonchev–Trinajstić information content (AvgIpc) is 3.03. The summed E-state index contributed by atoms with van der Waals surface area (Å²) < 4.78 is 40.0. The van der Waals surface area contributed by atoms with Crippen LogP contribution in [-0.2, 0) is 19.6 Å². The van der Waals surface area contributed by atoms with Crippen LogP contribution in [0, 0.1) is 0 Å². The lowest BCUT2D eigenvalue weighted by Crippen LogP contribution is -2.51. The summed E-state index contributed by atoms with van der Waals surface area (Å²) >= 11 is 0.990. The molecule has 1 aliphatic rings. The highest BCUT2D eigenvalue weighted by atomic mass is 32.2.